The van der Waals surface area contributed by atoms with Gasteiger partial charge in [0.2, 0.25) is 5.91 Å². The van der Waals surface area contributed by atoms with Gasteiger partial charge in [-0.25, -0.2) is 0 Å². The molecule has 0 aliphatic carbocycles. The molecule has 1 aromatic carbocycles. The molecule has 1 N–H and O–H groups in total. The number of amides is 1. The molecule has 1 aromatic rings. The number of methoxy groups -OCH3 is 1. The third kappa shape index (κ3) is 4.92. The molecule has 1 fully saturated rings. The van der Waals surface area contributed by atoms with Gasteiger partial charge in [0.05, 0.1) is 7.11 Å². The number of thioether (sulfide) groups is 1. The third-order valence-electron chi connectivity index (χ3n) is 4.11. The molecule has 0 bridgehead atoms. The van der Waals surface area contributed by atoms with Gasteiger partial charge in [-0.1, -0.05) is 12.1 Å². The lowest BCUT2D eigenvalue weighted by atomic mass is 10.1. The summed E-state index contributed by atoms with van der Waals surface area (Å²) in [5.74, 6) is 2.25. The Bertz CT molecular complexity index is 481. The zero-order chi connectivity index (χ0) is 15.8. The van der Waals surface area contributed by atoms with E-state index in [0.29, 0.717) is 11.9 Å². The quantitative estimate of drug-likeness (QED) is 0.710. The number of hydrogen-bond acceptors (Lipinski definition) is 4. The number of hydrogen-bond donors (Lipinski definition) is 1. The lowest BCUT2D eigenvalue weighted by Crippen LogP contribution is -2.36. The fourth-order valence-electron chi connectivity index (χ4n) is 2.87. The normalized spacial score (nSPS) is 18.0. The predicted octanol–water partition coefficient (Wildman–Crippen LogP) is 2.53. The molecular weight excluding hydrogens is 296 g/mol. The monoisotopic (exact) mass is 322 g/mol. The molecule has 22 heavy (non-hydrogen) atoms. The number of nitrogens with one attached hydrogen (secondary N) is 1. The van der Waals surface area contributed by atoms with Crippen LogP contribution in [-0.2, 0) is 11.3 Å². The van der Waals surface area contributed by atoms with E-state index in [-0.39, 0.29) is 0 Å². The number of carbonyl (C=O) groups excluding carboxylic acids is 1. The van der Waals surface area contributed by atoms with Crippen molar-refractivity contribution in [3.05, 3.63) is 29.8 Å². The van der Waals surface area contributed by atoms with Crippen molar-refractivity contribution in [1.82, 2.24) is 10.2 Å². The molecule has 2 rings (SSSR count). The van der Waals surface area contributed by atoms with Crippen LogP contribution in [0, 0.1) is 0 Å². The van der Waals surface area contributed by atoms with Gasteiger partial charge in [0.1, 0.15) is 5.75 Å². The maximum absolute atomic E-state index is 11.9. The summed E-state index contributed by atoms with van der Waals surface area (Å²) < 4.78 is 5.23. The van der Waals surface area contributed by atoms with Crippen LogP contribution in [0.4, 0.5) is 0 Å². The topological polar surface area (TPSA) is 41.6 Å². The van der Waals surface area contributed by atoms with Gasteiger partial charge in [-0.15, -0.1) is 0 Å². The van der Waals surface area contributed by atoms with Crippen LogP contribution in [0.25, 0.3) is 0 Å². The van der Waals surface area contributed by atoms with Gasteiger partial charge in [-0.05, 0) is 43.3 Å². The molecular formula is C17H26N2O2S. The highest BCUT2D eigenvalue weighted by Gasteiger charge is 2.29. The molecule has 5 heteroatoms. The molecule has 1 amide bonds. The van der Waals surface area contributed by atoms with E-state index in [1.165, 1.54) is 5.56 Å². The molecule has 1 heterocycles. The fraction of sp³-hybridized carbons (Fsp3) is 0.588. The summed E-state index contributed by atoms with van der Waals surface area (Å²) in [6.45, 7) is 2.66. The van der Waals surface area contributed by atoms with Crippen LogP contribution in [0.1, 0.15) is 24.8 Å². The number of nitrogens with zero attached hydrogens (tertiary/aromatic N) is 1. The van der Waals surface area contributed by atoms with Gasteiger partial charge >= 0.3 is 0 Å². The Balaban J connectivity index is 1.72. The first-order valence-corrected chi connectivity index (χ1v) is 9.26. The number of rotatable bonds is 9. The first kappa shape index (κ1) is 17.2. The highest BCUT2D eigenvalue weighted by atomic mass is 32.2. The van der Waals surface area contributed by atoms with E-state index in [1.54, 1.807) is 18.9 Å². The first-order chi connectivity index (χ1) is 10.7. The smallest absolute Gasteiger partial charge is 0.222 e. The standard InChI is InChI=1S/C17H26N2O2S/c1-21-16-5-3-4-14(12-16)13-18-9-8-15-6-7-17(20)19(15)10-11-22-2/h3-5,12,15,18H,6-11,13H2,1-2H3. The molecule has 0 radical (unpaired) electrons. The average molecular weight is 322 g/mol. The molecule has 122 valence electrons. The van der Waals surface area contributed by atoms with E-state index in [4.69, 9.17) is 4.74 Å². The third-order valence-corrected chi connectivity index (χ3v) is 4.70. The van der Waals surface area contributed by atoms with Crippen molar-refractivity contribution < 1.29 is 9.53 Å². The Morgan fingerprint density at radius 2 is 2.32 bits per heavy atom. The summed E-state index contributed by atoms with van der Waals surface area (Å²) in [5.41, 5.74) is 1.22. The molecule has 1 unspecified atom stereocenters. The van der Waals surface area contributed by atoms with Crippen LogP contribution in [0.15, 0.2) is 24.3 Å². The van der Waals surface area contributed by atoms with Crippen molar-refractivity contribution in [2.24, 2.45) is 0 Å². The van der Waals surface area contributed by atoms with E-state index in [0.717, 1.165) is 50.4 Å². The lowest BCUT2D eigenvalue weighted by molar-refractivity contribution is -0.128. The van der Waals surface area contributed by atoms with Crippen LogP contribution in [0.3, 0.4) is 0 Å². The molecule has 0 saturated carbocycles. The summed E-state index contributed by atoms with van der Waals surface area (Å²) in [4.78, 5) is 14.0. The highest BCUT2D eigenvalue weighted by molar-refractivity contribution is 7.98. The SMILES string of the molecule is COc1cccc(CNCCC2CCC(=O)N2CCSC)c1. The minimum atomic E-state index is 0.326. The minimum Gasteiger partial charge on any atom is -0.497 e. The van der Waals surface area contributed by atoms with Crippen molar-refractivity contribution in [2.75, 3.05) is 32.2 Å². The van der Waals surface area contributed by atoms with E-state index < -0.39 is 0 Å². The second kappa shape index (κ2) is 9.06. The van der Waals surface area contributed by atoms with E-state index in [9.17, 15) is 4.79 Å². The van der Waals surface area contributed by atoms with Gasteiger partial charge < -0.3 is 15.0 Å². The lowest BCUT2D eigenvalue weighted by Gasteiger charge is -2.24. The average Bonchev–Trinajstić information content (AvgIpc) is 2.90. The van der Waals surface area contributed by atoms with Crippen LogP contribution in [-0.4, -0.2) is 49.1 Å². The number of likely N-dealkylation sites (tertiary alicyclic amines) is 1. The van der Waals surface area contributed by atoms with Crippen molar-refractivity contribution >= 4 is 17.7 Å². The number of ether oxygens (including phenoxy) is 1. The van der Waals surface area contributed by atoms with Crippen LogP contribution in [0.2, 0.25) is 0 Å². The van der Waals surface area contributed by atoms with E-state index in [2.05, 4.69) is 28.6 Å². The Morgan fingerprint density at radius 3 is 3.09 bits per heavy atom. The predicted molar refractivity (Wildman–Crippen MR) is 92.4 cm³/mol. The molecule has 1 atom stereocenters. The van der Waals surface area contributed by atoms with Crippen LogP contribution in [0.5, 0.6) is 5.75 Å². The van der Waals surface area contributed by atoms with Gasteiger partial charge in [0, 0.05) is 31.3 Å². The Kier molecular flexibility index (Phi) is 7.06. The summed E-state index contributed by atoms with van der Waals surface area (Å²) in [6, 6.07) is 8.53. The summed E-state index contributed by atoms with van der Waals surface area (Å²) in [5, 5.41) is 3.47. The maximum atomic E-state index is 11.9. The molecule has 4 nitrogen and oxygen atoms in total. The van der Waals surface area contributed by atoms with Gasteiger partial charge in [-0.2, -0.15) is 11.8 Å². The fourth-order valence-corrected chi connectivity index (χ4v) is 3.25. The Hall–Kier alpha value is -1.20. The molecule has 1 aliphatic heterocycles. The Labute approximate surface area is 137 Å². The molecule has 0 spiro atoms. The first-order valence-electron chi connectivity index (χ1n) is 7.86. The van der Waals surface area contributed by atoms with E-state index >= 15 is 0 Å². The van der Waals surface area contributed by atoms with Crippen molar-refractivity contribution in [1.29, 1.82) is 0 Å². The highest BCUT2D eigenvalue weighted by Crippen LogP contribution is 2.21. The second-order valence-corrected chi connectivity index (χ2v) is 6.58. The summed E-state index contributed by atoms with van der Waals surface area (Å²) >= 11 is 1.80. The number of benzene rings is 1. The molecule has 1 aliphatic rings. The Morgan fingerprint density at radius 1 is 1.45 bits per heavy atom. The van der Waals surface area contributed by atoms with Gasteiger partial charge in [0.15, 0.2) is 0 Å². The van der Waals surface area contributed by atoms with Crippen molar-refractivity contribution in [2.45, 2.75) is 31.8 Å². The largest absolute Gasteiger partial charge is 0.497 e. The second-order valence-electron chi connectivity index (χ2n) is 5.59. The van der Waals surface area contributed by atoms with Gasteiger partial charge in [0.25, 0.3) is 0 Å². The minimum absolute atomic E-state index is 0.326. The van der Waals surface area contributed by atoms with Gasteiger partial charge in [-0.3, -0.25) is 4.79 Å². The summed E-state index contributed by atoms with van der Waals surface area (Å²) in [6.07, 6.45) is 4.85. The van der Waals surface area contributed by atoms with Crippen LogP contribution < -0.4 is 10.1 Å². The van der Waals surface area contributed by atoms with Crippen LogP contribution >= 0.6 is 11.8 Å². The summed E-state index contributed by atoms with van der Waals surface area (Å²) in [7, 11) is 1.69. The zero-order valence-corrected chi connectivity index (χ0v) is 14.3. The molecule has 1 saturated heterocycles. The zero-order valence-electron chi connectivity index (χ0n) is 13.5. The van der Waals surface area contributed by atoms with Crippen molar-refractivity contribution in [3.8, 4) is 5.75 Å². The van der Waals surface area contributed by atoms with E-state index in [1.807, 2.05) is 12.1 Å². The van der Waals surface area contributed by atoms with Crippen molar-refractivity contribution in [3.63, 3.8) is 0 Å². The maximum Gasteiger partial charge on any atom is 0.222 e. The number of carbonyl (C=O) groups is 1. The molecule has 0 aromatic heterocycles.